The van der Waals surface area contributed by atoms with Gasteiger partial charge in [0, 0.05) is 48.7 Å². The van der Waals surface area contributed by atoms with Gasteiger partial charge in [-0.05, 0) is 38.0 Å². The Morgan fingerprint density at radius 2 is 1.71 bits per heavy atom. The van der Waals surface area contributed by atoms with Crippen molar-refractivity contribution in [1.29, 1.82) is 0 Å². The van der Waals surface area contributed by atoms with Crippen LogP contribution in [0.4, 0.5) is 0 Å². The average Bonchev–Trinajstić information content (AvgIpc) is 3.52. The van der Waals surface area contributed by atoms with Crippen LogP contribution in [0.3, 0.4) is 0 Å². The maximum absolute atomic E-state index is 13.1. The Hall–Kier alpha value is -4.33. The number of rotatable bonds is 7. The highest BCUT2D eigenvalue weighted by Crippen LogP contribution is 2.25. The van der Waals surface area contributed by atoms with E-state index >= 15 is 0 Å². The van der Waals surface area contributed by atoms with Crippen molar-refractivity contribution in [3.05, 3.63) is 95.7 Å². The van der Waals surface area contributed by atoms with E-state index < -0.39 is 0 Å². The molecule has 3 heterocycles. The summed E-state index contributed by atoms with van der Waals surface area (Å²) in [6.07, 6.45) is 4.49. The number of aryl methyl sites for hydroxylation is 2. The van der Waals surface area contributed by atoms with Gasteiger partial charge in [0.2, 0.25) is 5.91 Å². The fourth-order valence-corrected chi connectivity index (χ4v) is 4.36. The molecule has 8 nitrogen and oxygen atoms in total. The predicted molar refractivity (Wildman–Crippen MR) is 134 cm³/mol. The van der Waals surface area contributed by atoms with Crippen LogP contribution in [0.5, 0.6) is 0 Å². The summed E-state index contributed by atoms with van der Waals surface area (Å²) >= 11 is 0. The van der Waals surface area contributed by atoms with Gasteiger partial charge in [-0.1, -0.05) is 48.5 Å². The van der Waals surface area contributed by atoms with E-state index in [1.165, 1.54) is 6.33 Å². The molecule has 0 saturated carbocycles. The Morgan fingerprint density at radius 3 is 2.46 bits per heavy atom. The Balaban J connectivity index is 1.36. The number of nitrogens with zero attached hydrogens (tertiary/aromatic N) is 7. The van der Waals surface area contributed by atoms with Crippen LogP contribution >= 0.6 is 0 Å². The van der Waals surface area contributed by atoms with Gasteiger partial charge >= 0.3 is 0 Å². The lowest BCUT2D eigenvalue weighted by Crippen LogP contribution is -2.26. The number of amides is 1. The highest BCUT2D eigenvalue weighted by Gasteiger charge is 2.18. The smallest absolute Gasteiger partial charge is 0.252 e. The zero-order valence-corrected chi connectivity index (χ0v) is 20.1. The summed E-state index contributed by atoms with van der Waals surface area (Å²) in [4.78, 5) is 23.6. The first kappa shape index (κ1) is 22.5. The molecule has 0 saturated heterocycles. The van der Waals surface area contributed by atoms with Crippen LogP contribution < -0.4 is 0 Å². The molecular weight excluding hydrogens is 438 g/mol. The summed E-state index contributed by atoms with van der Waals surface area (Å²) < 4.78 is 3.60. The first-order chi connectivity index (χ1) is 17.0. The van der Waals surface area contributed by atoms with Crippen LogP contribution in [-0.2, 0) is 17.8 Å². The lowest BCUT2D eigenvalue weighted by molar-refractivity contribution is -0.130. The Labute approximate surface area is 203 Å². The van der Waals surface area contributed by atoms with Gasteiger partial charge < -0.3 is 4.90 Å². The first-order valence-electron chi connectivity index (χ1n) is 11.6. The van der Waals surface area contributed by atoms with Crippen LogP contribution in [0, 0.1) is 13.8 Å². The molecule has 0 radical (unpaired) electrons. The summed E-state index contributed by atoms with van der Waals surface area (Å²) in [5, 5.41) is 9.10. The van der Waals surface area contributed by atoms with Crippen molar-refractivity contribution in [2.24, 2.45) is 0 Å². The molecular formula is C27H27N7O. The van der Waals surface area contributed by atoms with Gasteiger partial charge in [-0.3, -0.25) is 4.79 Å². The molecule has 0 atom stereocenters. The Morgan fingerprint density at radius 1 is 1.00 bits per heavy atom. The number of para-hydroxylation sites is 1. The number of aromatic nitrogens is 6. The molecule has 0 N–H and O–H groups in total. The number of hydrogen-bond acceptors (Lipinski definition) is 5. The molecule has 0 bridgehead atoms. The third-order valence-corrected chi connectivity index (χ3v) is 6.27. The molecule has 1 amide bonds. The zero-order valence-electron chi connectivity index (χ0n) is 20.1. The van der Waals surface area contributed by atoms with Crippen molar-refractivity contribution < 1.29 is 4.79 Å². The Kier molecular flexibility index (Phi) is 6.10. The molecule has 5 aromatic rings. The third kappa shape index (κ3) is 4.55. The standard InChI is InChI=1S/C27H27N7O/c1-19-24(20(2)34-27(30-19)28-18-29-34)14-15-25(35)32(3)16-22-17-33(23-12-8-5-9-13-23)31-26(22)21-10-6-4-7-11-21/h4-13,17-18H,14-16H2,1-3H3. The summed E-state index contributed by atoms with van der Waals surface area (Å²) in [6.45, 7) is 4.41. The minimum atomic E-state index is 0.0639. The average molecular weight is 466 g/mol. The maximum atomic E-state index is 13.1. The molecule has 0 aliphatic rings. The quantitative estimate of drug-likeness (QED) is 0.360. The lowest BCUT2D eigenvalue weighted by atomic mass is 10.1. The molecule has 176 valence electrons. The molecule has 5 rings (SSSR count). The van der Waals surface area contributed by atoms with Gasteiger partial charge in [-0.15, -0.1) is 0 Å². The number of benzene rings is 2. The second kappa shape index (κ2) is 9.50. The van der Waals surface area contributed by atoms with Gasteiger partial charge in [0.15, 0.2) is 0 Å². The van der Waals surface area contributed by atoms with E-state index in [4.69, 9.17) is 5.10 Å². The molecule has 0 spiro atoms. The maximum Gasteiger partial charge on any atom is 0.252 e. The SMILES string of the molecule is Cc1nc2ncnn2c(C)c1CCC(=O)N(C)Cc1cn(-c2ccccc2)nc1-c1ccccc1. The van der Waals surface area contributed by atoms with E-state index in [1.807, 2.05) is 92.4 Å². The minimum absolute atomic E-state index is 0.0639. The lowest BCUT2D eigenvalue weighted by Gasteiger charge is -2.18. The van der Waals surface area contributed by atoms with Crippen LogP contribution in [-0.4, -0.2) is 47.2 Å². The van der Waals surface area contributed by atoms with Crippen molar-refractivity contribution in [2.45, 2.75) is 33.2 Å². The van der Waals surface area contributed by atoms with Crippen LogP contribution in [0.15, 0.2) is 73.2 Å². The van der Waals surface area contributed by atoms with Crippen molar-refractivity contribution >= 4 is 11.7 Å². The molecule has 3 aromatic heterocycles. The Bertz CT molecular complexity index is 1470. The number of carbonyl (C=O) groups is 1. The van der Waals surface area contributed by atoms with E-state index in [9.17, 15) is 4.79 Å². The molecule has 2 aromatic carbocycles. The van der Waals surface area contributed by atoms with Gasteiger partial charge in [-0.25, -0.2) is 14.2 Å². The predicted octanol–water partition coefficient (Wildman–Crippen LogP) is 4.19. The summed E-state index contributed by atoms with van der Waals surface area (Å²) in [6, 6.07) is 20.1. The topological polar surface area (TPSA) is 81.2 Å². The van der Waals surface area contributed by atoms with E-state index in [-0.39, 0.29) is 5.91 Å². The minimum Gasteiger partial charge on any atom is -0.341 e. The van der Waals surface area contributed by atoms with Gasteiger partial charge in [0.25, 0.3) is 5.78 Å². The highest BCUT2D eigenvalue weighted by atomic mass is 16.2. The van der Waals surface area contributed by atoms with Crippen LogP contribution in [0.25, 0.3) is 22.7 Å². The van der Waals surface area contributed by atoms with Crippen molar-refractivity contribution in [1.82, 2.24) is 34.3 Å². The van der Waals surface area contributed by atoms with E-state index in [1.54, 1.807) is 9.42 Å². The highest BCUT2D eigenvalue weighted by molar-refractivity contribution is 5.76. The van der Waals surface area contributed by atoms with Gasteiger partial charge in [0.05, 0.1) is 11.4 Å². The van der Waals surface area contributed by atoms with E-state index in [0.717, 1.165) is 39.5 Å². The van der Waals surface area contributed by atoms with Crippen molar-refractivity contribution in [3.63, 3.8) is 0 Å². The number of hydrogen-bond donors (Lipinski definition) is 0. The van der Waals surface area contributed by atoms with Crippen LogP contribution in [0.1, 0.15) is 28.9 Å². The molecule has 0 aliphatic heterocycles. The second-order valence-electron chi connectivity index (χ2n) is 8.63. The molecule has 35 heavy (non-hydrogen) atoms. The molecule has 0 fully saturated rings. The second-order valence-corrected chi connectivity index (χ2v) is 8.63. The number of fused-ring (bicyclic) bond motifs is 1. The monoisotopic (exact) mass is 465 g/mol. The fourth-order valence-electron chi connectivity index (χ4n) is 4.36. The molecule has 8 heteroatoms. The van der Waals surface area contributed by atoms with Gasteiger partial charge in [-0.2, -0.15) is 15.2 Å². The summed E-state index contributed by atoms with van der Waals surface area (Å²) in [5.74, 6) is 0.644. The summed E-state index contributed by atoms with van der Waals surface area (Å²) in [5.41, 5.74) is 6.76. The van der Waals surface area contributed by atoms with Crippen molar-refractivity contribution in [3.8, 4) is 16.9 Å². The van der Waals surface area contributed by atoms with E-state index in [0.29, 0.717) is 25.2 Å². The first-order valence-corrected chi connectivity index (χ1v) is 11.6. The number of carbonyl (C=O) groups excluding carboxylic acids is 1. The summed E-state index contributed by atoms with van der Waals surface area (Å²) in [7, 11) is 1.84. The molecule has 0 aliphatic carbocycles. The largest absolute Gasteiger partial charge is 0.341 e. The van der Waals surface area contributed by atoms with Gasteiger partial charge in [0.1, 0.15) is 6.33 Å². The van der Waals surface area contributed by atoms with E-state index in [2.05, 4.69) is 15.1 Å². The third-order valence-electron chi connectivity index (χ3n) is 6.27. The van der Waals surface area contributed by atoms with Crippen molar-refractivity contribution in [2.75, 3.05) is 7.05 Å². The van der Waals surface area contributed by atoms with Crippen LogP contribution in [0.2, 0.25) is 0 Å². The fraction of sp³-hybridized carbons (Fsp3) is 0.222. The molecule has 0 unspecified atom stereocenters. The normalized spacial score (nSPS) is 11.2. The zero-order chi connectivity index (χ0) is 24.4.